The fraction of sp³-hybridized carbons (Fsp3) is 0.286. The highest BCUT2D eigenvalue weighted by molar-refractivity contribution is 5.75. The van der Waals surface area contributed by atoms with Crippen molar-refractivity contribution in [1.29, 1.82) is 0 Å². The Kier molecular flexibility index (Phi) is 9.67. The smallest absolute Gasteiger partial charge is 0.420 e. The predicted octanol–water partition coefficient (Wildman–Crippen LogP) is 6.82. The van der Waals surface area contributed by atoms with Crippen LogP contribution in [0.2, 0.25) is 0 Å². The minimum absolute atomic E-state index is 0.0558. The Bertz CT molecular complexity index is 1210. The van der Waals surface area contributed by atoms with Crippen LogP contribution in [0, 0.1) is 0 Å². The number of carbonyl (C=O) groups excluding carboxylic acids is 2. The predicted molar refractivity (Wildman–Crippen MR) is 130 cm³/mol. The van der Waals surface area contributed by atoms with Gasteiger partial charge in [-0.3, -0.25) is 9.59 Å². The van der Waals surface area contributed by atoms with Crippen molar-refractivity contribution in [3.63, 3.8) is 0 Å². The Morgan fingerprint density at radius 3 is 1.18 bits per heavy atom. The molecule has 12 heteroatoms. The third kappa shape index (κ3) is 8.14. The summed E-state index contributed by atoms with van der Waals surface area (Å²) in [6.07, 6.45) is -11.9. The average molecular weight is 570 g/mol. The Morgan fingerprint density at radius 1 is 0.575 bits per heavy atom. The third-order valence-corrected chi connectivity index (χ3v) is 5.70. The van der Waals surface area contributed by atoms with E-state index in [4.69, 9.17) is 18.9 Å². The number of carbonyl (C=O) groups is 2. The zero-order valence-corrected chi connectivity index (χ0v) is 21.3. The van der Waals surface area contributed by atoms with Gasteiger partial charge in [0.15, 0.2) is 0 Å². The van der Waals surface area contributed by atoms with E-state index in [-0.39, 0.29) is 12.8 Å². The molecule has 0 aromatic heterocycles. The van der Waals surface area contributed by atoms with Gasteiger partial charge in [-0.05, 0) is 60.4 Å². The van der Waals surface area contributed by atoms with E-state index in [2.05, 4.69) is 0 Å². The van der Waals surface area contributed by atoms with E-state index in [1.165, 1.54) is 14.2 Å². The highest BCUT2D eigenvalue weighted by Crippen LogP contribution is 2.49. The van der Waals surface area contributed by atoms with Crippen molar-refractivity contribution in [1.82, 2.24) is 0 Å². The zero-order chi connectivity index (χ0) is 29.5. The van der Waals surface area contributed by atoms with E-state index in [0.717, 1.165) is 0 Å². The van der Waals surface area contributed by atoms with Crippen LogP contribution in [-0.2, 0) is 34.8 Å². The summed E-state index contributed by atoms with van der Waals surface area (Å²) in [6.45, 7) is 0. The van der Waals surface area contributed by atoms with Crippen molar-refractivity contribution in [2.75, 3.05) is 14.2 Å². The van der Waals surface area contributed by atoms with Gasteiger partial charge in [0.25, 0.3) is 0 Å². The van der Waals surface area contributed by atoms with Gasteiger partial charge in [-0.25, -0.2) is 0 Å². The maximum Gasteiger partial charge on any atom is 0.420 e. The molecular weight excluding hydrogens is 546 g/mol. The first-order valence-corrected chi connectivity index (χ1v) is 11.8. The fourth-order valence-electron chi connectivity index (χ4n) is 3.72. The van der Waals surface area contributed by atoms with Crippen molar-refractivity contribution in [2.45, 2.75) is 38.0 Å². The molecule has 0 spiro atoms. The van der Waals surface area contributed by atoms with E-state index < -0.39 is 59.8 Å². The van der Waals surface area contributed by atoms with Crippen molar-refractivity contribution in [2.24, 2.45) is 0 Å². The Labute approximate surface area is 225 Å². The van der Waals surface area contributed by atoms with Crippen molar-refractivity contribution in [3.05, 3.63) is 82.9 Å². The highest BCUT2D eigenvalue weighted by Gasteiger charge is 2.48. The lowest BCUT2D eigenvalue weighted by atomic mass is 10.0. The van der Waals surface area contributed by atoms with Gasteiger partial charge in [0.2, 0.25) is 0 Å². The number of rotatable bonds is 10. The molecule has 0 bridgehead atoms. The number of hydrogen-bond donors (Lipinski definition) is 0. The second-order valence-corrected chi connectivity index (χ2v) is 8.45. The van der Waals surface area contributed by atoms with Gasteiger partial charge in [0.1, 0.15) is 34.1 Å². The van der Waals surface area contributed by atoms with E-state index >= 15 is 0 Å². The van der Waals surface area contributed by atoms with Crippen LogP contribution in [0.1, 0.15) is 35.1 Å². The lowest BCUT2D eigenvalue weighted by Gasteiger charge is -2.21. The molecule has 0 fully saturated rings. The third-order valence-electron chi connectivity index (χ3n) is 5.70. The maximum absolute atomic E-state index is 13.9. The Hall–Kier alpha value is -4.22. The number of halogens is 6. The standard InChI is InChI=1S/C28H24F6O6/c1-37-19-9-3-17(4-10-19)7-15-23(35)39-21-13-14-22(26(28(32,33)34)25(21)27(29,30)31)40-24(36)16-8-18-5-11-20(38-2)12-6-18/h3-6,9-14H,7-8,15-16H2,1-2H3. The first-order valence-electron chi connectivity index (χ1n) is 11.8. The van der Waals surface area contributed by atoms with Crippen LogP contribution < -0.4 is 18.9 Å². The molecule has 0 saturated carbocycles. The summed E-state index contributed by atoms with van der Waals surface area (Å²) in [6, 6.07) is 13.9. The van der Waals surface area contributed by atoms with Crippen molar-refractivity contribution < 1.29 is 54.9 Å². The minimum Gasteiger partial charge on any atom is -0.497 e. The lowest BCUT2D eigenvalue weighted by molar-refractivity contribution is -0.165. The van der Waals surface area contributed by atoms with Gasteiger partial charge in [-0.2, -0.15) is 26.3 Å². The molecule has 0 saturated heterocycles. The molecule has 0 aliphatic heterocycles. The van der Waals surface area contributed by atoms with Gasteiger partial charge in [0.05, 0.1) is 14.2 Å². The van der Waals surface area contributed by atoms with Crippen LogP contribution in [-0.4, -0.2) is 26.2 Å². The van der Waals surface area contributed by atoms with Crippen LogP contribution in [0.3, 0.4) is 0 Å². The van der Waals surface area contributed by atoms with E-state index in [9.17, 15) is 35.9 Å². The van der Waals surface area contributed by atoms with Gasteiger partial charge in [0, 0.05) is 12.8 Å². The number of esters is 2. The largest absolute Gasteiger partial charge is 0.497 e. The lowest BCUT2D eigenvalue weighted by Crippen LogP contribution is -2.22. The quantitative estimate of drug-likeness (QED) is 0.151. The molecule has 3 aromatic rings. The van der Waals surface area contributed by atoms with Gasteiger partial charge in [-0.15, -0.1) is 0 Å². The number of alkyl halides is 6. The molecule has 0 aliphatic rings. The fourth-order valence-corrected chi connectivity index (χ4v) is 3.72. The topological polar surface area (TPSA) is 71.1 Å². The molecule has 40 heavy (non-hydrogen) atoms. The second-order valence-electron chi connectivity index (χ2n) is 8.45. The number of benzene rings is 3. The second kappa shape index (κ2) is 12.8. The molecule has 0 unspecified atom stereocenters. The number of aryl methyl sites for hydroxylation is 2. The molecule has 0 N–H and O–H groups in total. The first kappa shape index (κ1) is 30.3. The average Bonchev–Trinajstić information content (AvgIpc) is 2.90. The van der Waals surface area contributed by atoms with Gasteiger partial charge in [-0.1, -0.05) is 24.3 Å². The molecule has 3 rings (SSSR count). The number of hydrogen-bond acceptors (Lipinski definition) is 6. The zero-order valence-electron chi connectivity index (χ0n) is 21.3. The monoisotopic (exact) mass is 570 g/mol. The molecule has 0 amide bonds. The van der Waals surface area contributed by atoms with Crippen LogP contribution in [0.5, 0.6) is 23.0 Å². The first-order chi connectivity index (χ1) is 18.8. The maximum atomic E-state index is 13.9. The summed E-state index contributed by atoms with van der Waals surface area (Å²) < 4.78 is 103. The summed E-state index contributed by atoms with van der Waals surface area (Å²) in [5, 5.41) is 0. The molecule has 0 heterocycles. The van der Waals surface area contributed by atoms with Crippen LogP contribution in [0.4, 0.5) is 26.3 Å². The molecule has 3 aromatic carbocycles. The van der Waals surface area contributed by atoms with E-state index in [0.29, 0.717) is 34.8 Å². The molecule has 0 radical (unpaired) electrons. The normalized spacial score (nSPS) is 11.6. The molecular formula is C28H24F6O6. The molecule has 0 atom stereocenters. The summed E-state index contributed by atoms with van der Waals surface area (Å²) in [5.74, 6) is -3.97. The van der Waals surface area contributed by atoms with E-state index in [1.54, 1.807) is 48.5 Å². The summed E-state index contributed by atoms with van der Waals surface area (Å²) >= 11 is 0. The SMILES string of the molecule is COc1ccc(CCC(=O)Oc2ccc(OC(=O)CCc3ccc(OC)cc3)c(C(F)(F)F)c2C(F)(F)F)cc1. The molecule has 0 aliphatic carbocycles. The minimum atomic E-state index is -5.60. The van der Waals surface area contributed by atoms with Crippen LogP contribution in [0.15, 0.2) is 60.7 Å². The van der Waals surface area contributed by atoms with E-state index in [1.807, 2.05) is 0 Å². The number of methoxy groups -OCH3 is 2. The summed E-state index contributed by atoms with van der Waals surface area (Å²) in [4.78, 5) is 24.6. The van der Waals surface area contributed by atoms with Crippen molar-refractivity contribution >= 4 is 11.9 Å². The molecule has 214 valence electrons. The Balaban J connectivity index is 1.80. The number of ether oxygens (including phenoxy) is 4. The summed E-state index contributed by atoms with van der Waals surface area (Å²) in [5.41, 5.74) is -3.28. The van der Waals surface area contributed by atoms with Crippen LogP contribution in [0.25, 0.3) is 0 Å². The van der Waals surface area contributed by atoms with Crippen molar-refractivity contribution in [3.8, 4) is 23.0 Å². The Morgan fingerprint density at radius 2 is 0.900 bits per heavy atom. The molecule has 6 nitrogen and oxygen atoms in total. The van der Waals surface area contributed by atoms with Gasteiger partial charge < -0.3 is 18.9 Å². The summed E-state index contributed by atoms with van der Waals surface area (Å²) in [7, 11) is 2.91. The highest BCUT2D eigenvalue weighted by atomic mass is 19.4. The van der Waals surface area contributed by atoms with Gasteiger partial charge >= 0.3 is 24.3 Å². The van der Waals surface area contributed by atoms with Crippen LogP contribution >= 0.6 is 0 Å².